The maximum absolute atomic E-state index is 13.8. The zero-order valence-electron chi connectivity index (χ0n) is 14.4. The minimum absolute atomic E-state index is 0.226. The van der Waals surface area contributed by atoms with E-state index in [1.165, 1.54) is 35.4 Å². The normalized spacial score (nSPS) is 10.6. The molecule has 0 aliphatic rings. The van der Waals surface area contributed by atoms with E-state index in [1.807, 2.05) is 48.2 Å². The number of nitrogens with zero attached hydrogens (tertiary/aromatic N) is 2. The highest BCUT2D eigenvalue weighted by molar-refractivity contribution is 7.97. The molecule has 0 aliphatic heterocycles. The first-order valence-corrected chi connectivity index (χ1v) is 10.0. The molecule has 0 radical (unpaired) electrons. The van der Waals surface area contributed by atoms with Gasteiger partial charge < -0.3 is 4.90 Å². The predicted molar refractivity (Wildman–Crippen MR) is 107 cm³/mol. The van der Waals surface area contributed by atoms with Gasteiger partial charge in [-0.15, -0.1) is 11.3 Å². The third-order valence-electron chi connectivity index (χ3n) is 3.73. The van der Waals surface area contributed by atoms with Gasteiger partial charge in [0.25, 0.3) is 5.91 Å². The first-order valence-electron chi connectivity index (χ1n) is 7.96. The number of thiazole rings is 1. The Balaban J connectivity index is 2.00. The number of rotatable bonds is 6. The fraction of sp³-hybridized carbons (Fsp3) is 0.158. The lowest BCUT2D eigenvalue weighted by atomic mass is 10.2. The third-order valence-corrected chi connectivity index (χ3v) is 5.11. The number of hydrogen-bond acceptors (Lipinski definition) is 5. The summed E-state index contributed by atoms with van der Waals surface area (Å²) in [5.74, 6) is -0.536. The Bertz CT molecular complexity index is 899. The van der Waals surface area contributed by atoms with Crippen molar-refractivity contribution in [1.29, 1.82) is 0 Å². The van der Waals surface area contributed by atoms with Crippen LogP contribution in [0.25, 0.3) is 0 Å². The second-order valence-electron chi connectivity index (χ2n) is 5.59. The highest BCUT2D eigenvalue weighted by Gasteiger charge is 2.20. The van der Waals surface area contributed by atoms with Crippen molar-refractivity contribution in [3.05, 3.63) is 76.5 Å². The van der Waals surface area contributed by atoms with Gasteiger partial charge in [0.1, 0.15) is 11.5 Å². The summed E-state index contributed by atoms with van der Waals surface area (Å²) in [4.78, 5) is 19.5. The molecule has 0 unspecified atom stereocenters. The molecule has 1 heterocycles. The Hall–Kier alpha value is -2.38. The number of benzene rings is 2. The van der Waals surface area contributed by atoms with Gasteiger partial charge in [0.05, 0.1) is 6.54 Å². The summed E-state index contributed by atoms with van der Waals surface area (Å²) >= 11 is 2.65. The molecule has 0 saturated carbocycles. The van der Waals surface area contributed by atoms with Crippen LogP contribution in [0.2, 0.25) is 0 Å². The van der Waals surface area contributed by atoms with E-state index in [0.717, 1.165) is 10.4 Å². The molecule has 3 rings (SSSR count). The van der Waals surface area contributed by atoms with Gasteiger partial charge in [0, 0.05) is 16.8 Å². The van der Waals surface area contributed by atoms with Crippen molar-refractivity contribution < 1.29 is 9.18 Å². The average molecular weight is 388 g/mol. The summed E-state index contributed by atoms with van der Waals surface area (Å²) in [5, 5.41) is 0.656. The van der Waals surface area contributed by atoms with Crippen molar-refractivity contribution in [2.45, 2.75) is 13.5 Å². The number of anilines is 2. The largest absolute Gasteiger partial charge is 0.313 e. The Labute approximate surface area is 160 Å². The molecule has 0 spiro atoms. The van der Waals surface area contributed by atoms with Crippen molar-refractivity contribution in [2.75, 3.05) is 11.2 Å². The van der Waals surface area contributed by atoms with Gasteiger partial charge in [-0.25, -0.2) is 9.37 Å². The Morgan fingerprint density at radius 2 is 2.00 bits per heavy atom. The van der Waals surface area contributed by atoms with Gasteiger partial charge in [0.15, 0.2) is 5.13 Å². The Kier molecular flexibility index (Phi) is 5.90. The van der Waals surface area contributed by atoms with Crippen molar-refractivity contribution in [1.82, 2.24) is 9.71 Å². The van der Waals surface area contributed by atoms with Gasteiger partial charge in [-0.1, -0.05) is 48.3 Å². The molecular formula is C19H18FN3OS2. The molecule has 2 aromatic carbocycles. The summed E-state index contributed by atoms with van der Waals surface area (Å²) in [6.45, 7) is 2.39. The van der Waals surface area contributed by atoms with E-state index in [2.05, 4.69) is 9.71 Å². The lowest BCUT2D eigenvalue weighted by molar-refractivity contribution is 0.0980. The molecule has 26 heavy (non-hydrogen) atoms. The third kappa shape index (κ3) is 4.23. The van der Waals surface area contributed by atoms with Gasteiger partial charge in [0.2, 0.25) is 0 Å². The summed E-state index contributed by atoms with van der Waals surface area (Å²) in [6.07, 6.45) is 1.79. The lowest BCUT2D eigenvalue weighted by Gasteiger charge is -2.22. The summed E-state index contributed by atoms with van der Waals surface area (Å²) in [6, 6.07) is 16.3. The van der Waals surface area contributed by atoms with Crippen LogP contribution in [-0.2, 0) is 6.54 Å². The quantitative estimate of drug-likeness (QED) is 0.609. The van der Waals surface area contributed by atoms with Crippen LogP contribution >= 0.6 is 23.3 Å². The second-order valence-corrected chi connectivity index (χ2v) is 7.38. The second kappa shape index (κ2) is 8.33. The summed E-state index contributed by atoms with van der Waals surface area (Å²) in [5.41, 5.74) is 2.16. The van der Waals surface area contributed by atoms with Crippen molar-refractivity contribution in [3.8, 4) is 0 Å². The molecule has 1 aromatic heterocycles. The van der Waals surface area contributed by atoms with Crippen LogP contribution in [0.15, 0.2) is 54.6 Å². The molecule has 0 fully saturated rings. The highest BCUT2D eigenvalue weighted by Crippen LogP contribution is 2.33. The van der Waals surface area contributed by atoms with E-state index < -0.39 is 0 Å². The van der Waals surface area contributed by atoms with E-state index in [9.17, 15) is 9.18 Å². The zero-order valence-corrected chi connectivity index (χ0v) is 16.0. The minimum atomic E-state index is -0.311. The smallest absolute Gasteiger partial charge is 0.280 e. The van der Waals surface area contributed by atoms with Gasteiger partial charge >= 0.3 is 0 Å². The summed E-state index contributed by atoms with van der Waals surface area (Å²) < 4.78 is 16.5. The topological polar surface area (TPSA) is 45.2 Å². The maximum atomic E-state index is 13.8. The number of carbonyl (C=O) groups excluding carboxylic acids is 1. The van der Waals surface area contributed by atoms with E-state index >= 15 is 0 Å². The van der Waals surface area contributed by atoms with Gasteiger partial charge in [-0.05, 0) is 30.7 Å². The molecular weight excluding hydrogens is 369 g/mol. The number of halogens is 1. The summed E-state index contributed by atoms with van der Waals surface area (Å²) in [7, 11) is 0. The standard InChI is InChI=1S/C19H18FN3OS2/c1-13-17(18(24)22-25-2)21-19(26-13)23(12-14-7-4-3-5-8-14)16-10-6-9-15(20)11-16/h3-11H,12H2,1-2H3,(H,22,24). The first-order chi connectivity index (χ1) is 12.6. The average Bonchev–Trinajstić information content (AvgIpc) is 3.02. The molecule has 4 nitrogen and oxygen atoms in total. The molecule has 0 saturated heterocycles. The molecule has 1 amide bonds. The van der Waals surface area contributed by atoms with Crippen LogP contribution in [0.1, 0.15) is 20.9 Å². The fourth-order valence-corrected chi connectivity index (χ4v) is 3.74. The number of hydrogen-bond donors (Lipinski definition) is 1. The minimum Gasteiger partial charge on any atom is -0.313 e. The van der Waals surface area contributed by atoms with Crippen LogP contribution in [-0.4, -0.2) is 17.1 Å². The molecule has 134 valence electrons. The van der Waals surface area contributed by atoms with Crippen LogP contribution in [0.4, 0.5) is 15.2 Å². The zero-order chi connectivity index (χ0) is 18.5. The number of aryl methyl sites for hydroxylation is 1. The fourth-order valence-electron chi connectivity index (χ4n) is 2.53. The lowest BCUT2D eigenvalue weighted by Crippen LogP contribution is -2.19. The number of aromatic nitrogens is 1. The van der Waals surface area contributed by atoms with Crippen molar-refractivity contribution in [2.24, 2.45) is 0 Å². The number of carbonyl (C=O) groups is 1. The van der Waals surface area contributed by atoms with Crippen molar-refractivity contribution in [3.63, 3.8) is 0 Å². The van der Waals surface area contributed by atoms with E-state index in [-0.39, 0.29) is 11.7 Å². The van der Waals surface area contributed by atoms with E-state index in [4.69, 9.17) is 0 Å². The first kappa shape index (κ1) is 18.4. The SMILES string of the molecule is CSNC(=O)c1nc(N(Cc2ccccc2)c2cccc(F)c2)sc1C. The monoisotopic (exact) mass is 387 g/mol. The van der Waals surface area contributed by atoms with Crippen LogP contribution < -0.4 is 9.62 Å². The highest BCUT2D eigenvalue weighted by atomic mass is 32.2. The number of nitrogens with one attached hydrogen (secondary N) is 1. The molecule has 7 heteroatoms. The Morgan fingerprint density at radius 3 is 2.69 bits per heavy atom. The Morgan fingerprint density at radius 1 is 1.23 bits per heavy atom. The molecule has 1 N–H and O–H groups in total. The molecule has 3 aromatic rings. The van der Waals surface area contributed by atoms with Crippen LogP contribution in [0.5, 0.6) is 0 Å². The van der Waals surface area contributed by atoms with E-state index in [0.29, 0.717) is 23.1 Å². The maximum Gasteiger partial charge on any atom is 0.280 e. The molecule has 0 bridgehead atoms. The van der Waals surface area contributed by atoms with Crippen LogP contribution in [0.3, 0.4) is 0 Å². The van der Waals surface area contributed by atoms with E-state index in [1.54, 1.807) is 12.3 Å². The molecule has 0 atom stereocenters. The van der Waals surface area contributed by atoms with Crippen molar-refractivity contribution >= 4 is 40.0 Å². The van der Waals surface area contributed by atoms with Gasteiger partial charge in [-0.2, -0.15) is 0 Å². The predicted octanol–water partition coefficient (Wildman–Crippen LogP) is 4.94. The number of amides is 1. The molecule has 0 aliphatic carbocycles. The van der Waals surface area contributed by atoms with Gasteiger partial charge in [-0.3, -0.25) is 9.52 Å². The van der Waals surface area contributed by atoms with Crippen LogP contribution in [0, 0.1) is 12.7 Å².